The second kappa shape index (κ2) is 7.17. The van der Waals surface area contributed by atoms with Crippen LogP contribution in [0.4, 0.5) is 0 Å². The van der Waals surface area contributed by atoms with Crippen molar-refractivity contribution in [2.75, 3.05) is 13.7 Å². The highest BCUT2D eigenvalue weighted by atomic mass is 16.5. The first kappa shape index (κ1) is 16.2. The van der Waals surface area contributed by atoms with Gasteiger partial charge in [0, 0.05) is 18.9 Å². The van der Waals surface area contributed by atoms with E-state index in [1.165, 1.54) is 7.11 Å². The molecule has 2 heterocycles. The van der Waals surface area contributed by atoms with Crippen molar-refractivity contribution in [3.63, 3.8) is 0 Å². The number of amides is 1. The van der Waals surface area contributed by atoms with Gasteiger partial charge in [-0.15, -0.1) is 15.3 Å². The maximum Gasteiger partial charge on any atom is 0.231 e. The number of fused-ring (bicyclic) bond motifs is 1. The van der Waals surface area contributed by atoms with Gasteiger partial charge in [0.2, 0.25) is 11.8 Å². The van der Waals surface area contributed by atoms with Crippen LogP contribution >= 0.6 is 0 Å². The highest BCUT2D eigenvalue weighted by Crippen LogP contribution is 2.10. The molecule has 0 saturated carbocycles. The lowest BCUT2D eigenvalue weighted by atomic mass is 10.1. The number of methoxy groups -OCH3 is 1. The predicted molar refractivity (Wildman–Crippen MR) is 79.5 cm³/mol. The number of aliphatic hydroxyl groups excluding tert-OH is 1. The van der Waals surface area contributed by atoms with Crippen molar-refractivity contribution in [3.8, 4) is 5.88 Å². The van der Waals surface area contributed by atoms with E-state index in [1.54, 1.807) is 16.6 Å². The third-order valence-electron chi connectivity index (χ3n) is 3.44. The molecule has 2 aromatic heterocycles. The third kappa shape index (κ3) is 3.70. The van der Waals surface area contributed by atoms with E-state index in [9.17, 15) is 9.90 Å². The van der Waals surface area contributed by atoms with E-state index in [1.807, 2.05) is 13.8 Å². The summed E-state index contributed by atoms with van der Waals surface area (Å²) in [5.74, 6) is 1.09. The molecule has 0 saturated heterocycles. The van der Waals surface area contributed by atoms with Crippen molar-refractivity contribution < 1.29 is 14.6 Å². The monoisotopic (exact) mass is 307 g/mol. The first-order chi connectivity index (χ1) is 10.5. The molecule has 2 N–H and O–H groups in total. The average Bonchev–Trinajstić information content (AvgIpc) is 2.92. The van der Waals surface area contributed by atoms with Crippen LogP contribution in [0, 0.1) is 5.92 Å². The molecule has 0 spiro atoms. The number of aliphatic hydroxyl groups is 1. The number of hydrogen-bond acceptors (Lipinski definition) is 6. The van der Waals surface area contributed by atoms with Crippen molar-refractivity contribution in [2.24, 2.45) is 5.92 Å². The largest absolute Gasteiger partial charge is 0.480 e. The number of rotatable bonds is 7. The van der Waals surface area contributed by atoms with Crippen LogP contribution in [0.3, 0.4) is 0 Å². The summed E-state index contributed by atoms with van der Waals surface area (Å²) in [5.41, 5.74) is 0.603. The highest BCUT2D eigenvalue weighted by Gasteiger charge is 2.16. The van der Waals surface area contributed by atoms with Crippen LogP contribution in [0.2, 0.25) is 0 Å². The summed E-state index contributed by atoms with van der Waals surface area (Å²) >= 11 is 0. The van der Waals surface area contributed by atoms with E-state index in [0.717, 1.165) is 0 Å². The lowest BCUT2D eigenvalue weighted by molar-refractivity contribution is -0.122. The first-order valence-corrected chi connectivity index (χ1v) is 7.20. The molecule has 0 aromatic carbocycles. The standard InChI is InChI=1S/C14H21N5O3/c1-9(2)10(8-20)15-13(21)6-4-11-16-17-12-5-7-14(22-3)18-19(11)12/h5,7,9-10,20H,4,6,8H2,1-3H3,(H,15,21)/t10-/m1/s1. The van der Waals surface area contributed by atoms with E-state index in [2.05, 4.69) is 20.6 Å². The molecule has 8 nitrogen and oxygen atoms in total. The Kier molecular flexibility index (Phi) is 5.26. The fourth-order valence-electron chi connectivity index (χ4n) is 2.01. The summed E-state index contributed by atoms with van der Waals surface area (Å²) in [5, 5.41) is 24.3. The van der Waals surface area contributed by atoms with Crippen LogP contribution < -0.4 is 10.1 Å². The summed E-state index contributed by atoms with van der Waals surface area (Å²) in [6.45, 7) is 3.82. The molecular weight excluding hydrogens is 286 g/mol. The third-order valence-corrected chi connectivity index (χ3v) is 3.44. The zero-order chi connectivity index (χ0) is 16.1. The number of aromatic nitrogens is 4. The smallest absolute Gasteiger partial charge is 0.231 e. The summed E-state index contributed by atoms with van der Waals surface area (Å²) in [6.07, 6.45) is 0.659. The van der Waals surface area contributed by atoms with Gasteiger partial charge in [-0.3, -0.25) is 4.79 Å². The maximum absolute atomic E-state index is 11.9. The van der Waals surface area contributed by atoms with Crippen LogP contribution in [0.5, 0.6) is 5.88 Å². The molecule has 1 atom stereocenters. The van der Waals surface area contributed by atoms with Crippen molar-refractivity contribution in [3.05, 3.63) is 18.0 Å². The van der Waals surface area contributed by atoms with Crippen LogP contribution in [-0.4, -0.2) is 50.6 Å². The molecule has 0 unspecified atom stereocenters. The van der Waals surface area contributed by atoms with E-state index >= 15 is 0 Å². The molecule has 1 amide bonds. The van der Waals surface area contributed by atoms with Gasteiger partial charge in [-0.05, 0) is 12.0 Å². The van der Waals surface area contributed by atoms with Gasteiger partial charge in [-0.25, -0.2) is 0 Å². The van der Waals surface area contributed by atoms with Crippen LogP contribution in [-0.2, 0) is 11.2 Å². The Morgan fingerprint density at radius 3 is 2.82 bits per heavy atom. The van der Waals surface area contributed by atoms with Gasteiger partial charge in [0.15, 0.2) is 11.5 Å². The second-order valence-corrected chi connectivity index (χ2v) is 5.36. The van der Waals surface area contributed by atoms with Crippen molar-refractivity contribution in [2.45, 2.75) is 32.7 Å². The minimum absolute atomic E-state index is 0.0734. The van der Waals surface area contributed by atoms with Crippen LogP contribution in [0.1, 0.15) is 26.1 Å². The zero-order valence-electron chi connectivity index (χ0n) is 13.0. The van der Waals surface area contributed by atoms with Crippen molar-refractivity contribution >= 4 is 11.6 Å². The Balaban J connectivity index is 2.01. The minimum Gasteiger partial charge on any atom is -0.480 e. The Bertz CT molecular complexity index is 640. The van der Waals surface area contributed by atoms with E-state index in [4.69, 9.17) is 4.74 Å². The number of carbonyl (C=O) groups is 1. The lowest BCUT2D eigenvalue weighted by Gasteiger charge is -2.19. The number of aryl methyl sites for hydroxylation is 1. The van der Waals surface area contributed by atoms with Gasteiger partial charge in [0.1, 0.15) is 0 Å². The fourth-order valence-corrected chi connectivity index (χ4v) is 2.01. The molecular formula is C14H21N5O3. The van der Waals surface area contributed by atoms with Gasteiger partial charge < -0.3 is 15.2 Å². The molecule has 0 bridgehead atoms. The molecule has 2 aromatic rings. The fraction of sp³-hybridized carbons (Fsp3) is 0.571. The molecule has 120 valence electrons. The number of nitrogens with zero attached hydrogens (tertiary/aromatic N) is 4. The molecule has 0 aliphatic carbocycles. The summed E-state index contributed by atoms with van der Waals surface area (Å²) in [4.78, 5) is 11.9. The lowest BCUT2D eigenvalue weighted by Crippen LogP contribution is -2.41. The van der Waals surface area contributed by atoms with E-state index < -0.39 is 0 Å². The first-order valence-electron chi connectivity index (χ1n) is 7.20. The maximum atomic E-state index is 11.9. The normalized spacial score (nSPS) is 12.6. The zero-order valence-corrected chi connectivity index (χ0v) is 13.0. The van der Waals surface area contributed by atoms with Crippen LogP contribution in [0.15, 0.2) is 12.1 Å². The van der Waals surface area contributed by atoms with Gasteiger partial charge in [-0.1, -0.05) is 13.8 Å². The van der Waals surface area contributed by atoms with Crippen LogP contribution in [0.25, 0.3) is 5.65 Å². The van der Waals surface area contributed by atoms with Crippen molar-refractivity contribution in [1.29, 1.82) is 0 Å². The Labute approximate surface area is 128 Å². The number of nitrogens with one attached hydrogen (secondary N) is 1. The molecule has 8 heteroatoms. The molecule has 2 rings (SSSR count). The van der Waals surface area contributed by atoms with Gasteiger partial charge in [0.25, 0.3) is 0 Å². The SMILES string of the molecule is COc1ccc2nnc(CCC(=O)N[C@H](CO)C(C)C)n2n1. The molecule has 0 aliphatic rings. The summed E-state index contributed by atoms with van der Waals surface area (Å²) in [7, 11) is 1.53. The second-order valence-electron chi connectivity index (χ2n) is 5.36. The topological polar surface area (TPSA) is 102 Å². The molecule has 0 fully saturated rings. The van der Waals surface area contributed by atoms with Gasteiger partial charge in [-0.2, -0.15) is 4.52 Å². The van der Waals surface area contributed by atoms with E-state index in [-0.39, 0.29) is 30.9 Å². The van der Waals surface area contributed by atoms with E-state index in [0.29, 0.717) is 23.8 Å². The summed E-state index contributed by atoms with van der Waals surface area (Å²) < 4.78 is 6.64. The number of carbonyl (C=O) groups excluding carboxylic acids is 1. The molecule has 0 radical (unpaired) electrons. The van der Waals surface area contributed by atoms with Crippen molar-refractivity contribution in [1.82, 2.24) is 25.1 Å². The predicted octanol–water partition coefficient (Wildman–Crippen LogP) is 0.199. The number of hydrogen-bond donors (Lipinski definition) is 2. The van der Waals surface area contributed by atoms with Gasteiger partial charge in [0.05, 0.1) is 19.8 Å². The minimum atomic E-state index is -0.235. The van der Waals surface area contributed by atoms with Gasteiger partial charge >= 0.3 is 0 Å². The Hall–Kier alpha value is -2.22. The number of ether oxygens (including phenoxy) is 1. The average molecular weight is 307 g/mol. The molecule has 22 heavy (non-hydrogen) atoms. The molecule has 0 aliphatic heterocycles. The summed E-state index contributed by atoms with van der Waals surface area (Å²) in [6, 6.07) is 3.22. The Morgan fingerprint density at radius 1 is 1.41 bits per heavy atom. The highest BCUT2D eigenvalue weighted by molar-refractivity contribution is 5.76. The Morgan fingerprint density at radius 2 is 2.18 bits per heavy atom. The quantitative estimate of drug-likeness (QED) is 0.757.